The molecule has 1 aromatic heterocycles. The number of piperidine rings is 1. The van der Waals surface area contributed by atoms with Crippen LogP contribution < -0.4 is 11.0 Å². The van der Waals surface area contributed by atoms with Crippen LogP contribution in [0, 0.1) is 0 Å². The molecule has 2 amide bonds. The van der Waals surface area contributed by atoms with Gasteiger partial charge in [-0.25, -0.2) is 14.4 Å². The van der Waals surface area contributed by atoms with Crippen LogP contribution in [0.5, 0.6) is 0 Å². The number of benzene rings is 2. The van der Waals surface area contributed by atoms with Crippen LogP contribution in [0.1, 0.15) is 36.2 Å². The maximum absolute atomic E-state index is 12.7. The number of esters is 1. The number of hydrogen-bond donors (Lipinski definition) is 2. The molecule has 30 heavy (non-hydrogen) atoms. The van der Waals surface area contributed by atoms with Crippen molar-refractivity contribution >= 4 is 28.7 Å². The molecule has 8 nitrogen and oxygen atoms in total. The third kappa shape index (κ3) is 3.94. The van der Waals surface area contributed by atoms with Gasteiger partial charge in [0.2, 0.25) is 0 Å². The molecule has 8 heteroatoms. The molecule has 1 aliphatic rings. The number of fused-ring (bicyclic) bond motifs is 1. The van der Waals surface area contributed by atoms with Crippen LogP contribution in [0.3, 0.4) is 0 Å². The zero-order chi connectivity index (χ0) is 21.1. The van der Waals surface area contributed by atoms with E-state index < -0.39 is 5.97 Å². The molecular formula is C22H24N4O4. The Morgan fingerprint density at radius 2 is 1.90 bits per heavy atom. The highest BCUT2D eigenvalue weighted by Crippen LogP contribution is 2.25. The number of H-pyrrole nitrogens is 1. The minimum Gasteiger partial charge on any atom is -0.462 e. The molecule has 1 aliphatic heterocycles. The number of urea groups is 1. The topological polar surface area (TPSA) is 96.4 Å². The van der Waals surface area contributed by atoms with Gasteiger partial charge in [0.1, 0.15) is 0 Å². The second kappa shape index (κ2) is 8.44. The Morgan fingerprint density at radius 1 is 1.13 bits per heavy atom. The highest BCUT2D eigenvalue weighted by molar-refractivity contribution is 5.94. The number of hydrogen-bond acceptors (Lipinski definition) is 4. The van der Waals surface area contributed by atoms with E-state index in [0.29, 0.717) is 43.8 Å². The summed E-state index contributed by atoms with van der Waals surface area (Å²) in [6.07, 6.45) is 1.38. The molecule has 4 rings (SSSR count). The second-order valence-corrected chi connectivity index (χ2v) is 7.27. The fraction of sp³-hybridized carbons (Fsp3) is 0.318. The summed E-state index contributed by atoms with van der Waals surface area (Å²) in [6.45, 7) is 3.13. The van der Waals surface area contributed by atoms with Gasteiger partial charge in [0.05, 0.1) is 23.2 Å². The van der Waals surface area contributed by atoms with E-state index in [1.807, 2.05) is 24.3 Å². The smallest absolute Gasteiger partial charge is 0.338 e. The van der Waals surface area contributed by atoms with Gasteiger partial charge >= 0.3 is 17.7 Å². The molecule has 0 unspecified atom stereocenters. The summed E-state index contributed by atoms with van der Waals surface area (Å²) in [5, 5.41) is 2.84. The third-order valence-corrected chi connectivity index (χ3v) is 5.37. The monoisotopic (exact) mass is 408 g/mol. The highest BCUT2D eigenvalue weighted by Gasteiger charge is 2.26. The van der Waals surface area contributed by atoms with Crippen LogP contribution in [-0.4, -0.2) is 46.1 Å². The van der Waals surface area contributed by atoms with Crippen molar-refractivity contribution in [3.05, 3.63) is 64.6 Å². The Bertz CT molecular complexity index is 1130. The number of aromatic amines is 1. The zero-order valence-corrected chi connectivity index (χ0v) is 16.8. The summed E-state index contributed by atoms with van der Waals surface area (Å²) in [4.78, 5) is 41.6. The van der Waals surface area contributed by atoms with Crippen molar-refractivity contribution < 1.29 is 14.3 Å². The summed E-state index contributed by atoms with van der Waals surface area (Å²) < 4.78 is 6.80. The summed E-state index contributed by atoms with van der Waals surface area (Å²) in [5.74, 6) is -0.418. The van der Waals surface area contributed by atoms with Crippen LogP contribution in [0.25, 0.3) is 11.0 Å². The summed E-state index contributed by atoms with van der Waals surface area (Å²) in [5.41, 5.74) is 2.54. The minimum absolute atomic E-state index is 0.0462. The number of amides is 2. The fourth-order valence-electron chi connectivity index (χ4n) is 3.90. The molecule has 1 saturated heterocycles. The standard InChI is InChI=1S/C22H24N4O4/c1-2-30-20(27)15-6-5-7-16(14-15)23-21(28)25-12-10-17(11-13-25)26-19-9-4-3-8-18(19)24-22(26)29/h3-9,14,17H,2,10-13H2,1H3,(H,23,28)(H,24,29). The fourth-order valence-corrected chi connectivity index (χ4v) is 3.90. The quantitative estimate of drug-likeness (QED) is 0.647. The predicted molar refractivity (Wildman–Crippen MR) is 114 cm³/mol. The Kier molecular flexibility index (Phi) is 5.56. The van der Waals surface area contributed by atoms with E-state index in [4.69, 9.17) is 4.74 Å². The van der Waals surface area contributed by atoms with E-state index in [1.165, 1.54) is 0 Å². The molecule has 156 valence electrons. The number of imidazole rings is 1. The number of nitrogens with one attached hydrogen (secondary N) is 2. The Morgan fingerprint density at radius 3 is 2.67 bits per heavy atom. The lowest BCUT2D eigenvalue weighted by atomic mass is 10.0. The Hall–Kier alpha value is -3.55. The molecule has 0 atom stereocenters. The first kappa shape index (κ1) is 19.8. The Balaban J connectivity index is 1.40. The molecule has 1 fully saturated rings. The van der Waals surface area contributed by atoms with Gasteiger partial charge in [-0.2, -0.15) is 0 Å². The summed E-state index contributed by atoms with van der Waals surface area (Å²) in [7, 11) is 0. The number of ether oxygens (including phenoxy) is 1. The van der Waals surface area contributed by atoms with Crippen molar-refractivity contribution in [2.24, 2.45) is 0 Å². The van der Waals surface area contributed by atoms with Gasteiger partial charge in [-0.05, 0) is 50.1 Å². The Labute approximate surface area is 173 Å². The van der Waals surface area contributed by atoms with Crippen LogP contribution in [0.15, 0.2) is 53.3 Å². The highest BCUT2D eigenvalue weighted by atomic mass is 16.5. The molecule has 2 N–H and O–H groups in total. The summed E-state index contributed by atoms with van der Waals surface area (Å²) >= 11 is 0. The number of nitrogens with zero attached hydrogens (tertiary/aromatic N) is 2. The van der Waals surface area contributed by atoms with Gasteiger partial charge < -0.3 is 19.9 Å². The predicted octanol–water partition coefficient (Wildman–Crippen LogP) is 3.38. The lowest BCUT2D eigenvalue weighted by Gasteiger charge is -2.32. The van der Waals surface area contributed by atoms with Crippen LogP contribution >= 0.6 is 0 Å². The van der Waals surface area contributed by atoms with Gasteiger partial charge in [-0.1, -0.05) is 18.2 Å². The SMILES string of the molecule is CCOC(=O)c1cccc(NC(=O)N2CCC(n3c(=O)[nH]c4ccccc43)CC2)c1. The van der Waals surface area contributed by atoms with Crippen LogP contribution in [0.2, 0.25) is 0 Å². The molecule has 0 saturated carbocycles. The van der Waals surface area contributed by atoms with Crippen LogP contribution in [-0.2, 0) is 4.74 Å². The number of rotatable bonds is 4. The molecule has 0 aliphatic carbocycles. The van der Waals surface area contributed by atoms with Crippen molar-refractivity contribution in [1.29, 1.82) is 0 Å². The lowest BCUT2D eigenvalue weighted by molar-refractivity contribution is 0.0526. The number of likely N-dealkylation sites (tertiary alicyclic amines) is 1. The van der Waals surface area contributed by atoms with Gasteiger partial charge in [0, 0.05) is 24.8 Å². The van der Waals surface area contributed by atoms with E-state index in [-0.39, 0.29) is 17.8 Å². The van der Waals surface area contributed by atoms with Gasteiger partial charge in [-0.15, -0.1) is 0 Å². The van der Waals surface area contributed by atoms with Crippen molar-refractivity contribution in [3.8, 4) is 0 Å². The number of aromatic nitrogens is 2. The number of carbonyl (C=O) groups is 2. The normalized spacial score (nSPS) is 14.6. The second-order valence-electron chi connectivity index (χ2n) is 7.27. The van der Waals surface area contributed by atoms with Gasteiger partial charge in [-0.3, -0.25) is 4.57 Å². The molecule has 0 radical (unpaired) electrons. The van der Waals surface area contributed by atoms with E-state index >= 15 is 0 Å². The maximum atomic E-state index is 12.7. The molecule has 0 bridgehead atoms. The van der Waals surface area contributed by atoms with Crippen molar-refractivity contribution in [1.82, 2.24) is 14.5 Å². The first-order valence-corrected chi connectivity index (χ1v) is 10.1. The molecule has 2 aromatic carbocycles. The van der Waals surface area contributed by atoms with E-state index in [2.05, 4.69) is 10.3 Å². The van der Waals surface area contributed by atoms with E-state index in [1.54, 1.807) is 40.7 Å². The van der Waals surface area contributed by atoms with Gasteiger partial charge in [0.15, 0.2) is 0 Å². The number of carbonyl (C=O) groups excluding carboxylic acids is 2. The molecular weight excluding hydrogens is 384 g/mol. The third-order valence-electron chi connectivity index (χ3n) is 5.37. The van der Waals surface area contributed by atoms with E-state index in [9.17, 15) is 14.4 Å². The zero-order valence-electron chi connectivity index (χ0n) is 16.8. The average Bonchev–Trinajstić information content (AvgIpc) is 3.10. The summed E-state index contributed by atoms with van der Waals surface area (Å²) in [6, 6.07) is 14.2. The molecule has 0 spiro atoms. The van der Waals surface area contributed by atoms with Crippen molar-refractivity contribution in [2.75, 3.05) is 25.0 Å². The van der Waals surface area contributed by atoms with E-state index in [0.717, 1.165) is 11.0 Å². The average molecular weight is 408 g/mol. The number of anilines is 1. The largest absolute Gasteiger partial charge is 0.462 e. The van der Waals surface area contributed by atoms with Gasteiger partial charge in [0.25, 0.3) is 0 Å². The number of para-hydroxylation sites is 2. The molecule has 3 aromatic rings. The first-order chi connectivity index (χ1) is 14.6. The molecule has 2 heterocycles. The lowest BCUT2D eigenvalue weighted by Crippen LogP contribution is -2.42. The first-order valence-electron chi connectivity index (χ1n) is 10.1. The maximum Gasteiger partial charge on any atom is 0.338 e. The van der Waals surface area contributed by atoms with Crippen molar-refractivity contribution in [2.45, 2.75) is 25.8 Å². The minimum atomic E-state index is -0.418. The van der Waals surface area contributed by atoms with Crippen molar-refractivity contribution in [3.63, 3.8) is 0 Å². The van der Waals surface area contributed by atoms with Crippen LogP contribution in [0.4, 0.5) is 10.5 Å².